The zero-order valence-corrected chi connectivity index (χ0v) is 12.4. The molecule has 5 heteroatoms. The molecule has 1 aromatic carbocycles. The van der Waals surface area contributed by atoms with Crippen LogP contribution in [0.3, 0.4) is 0 Å². The number of amides is 1. The first-order chi connectivity index (χ1) is 9.95. The number of rotatable bonds is 4. The van der Waals surface area contributed by atoms with Crippen molar-refractivity contribution in [2.75, 3.05) is 20.2 Å². The van der Waals surface area contributed by atoms with E-state index in [9.17, 15) is 9.18 Å². The molecule has 0 spiro atoms. The highest BCUT2D eigenvalue weighted by molar-refractivity contribution is 5.95. The summed E-state index contributed by atoms with van der Waals surface area (Å²) in [5.41, 5.74) is 3.11. The number of aliphatic hydroxyl groups is 1. The molecule has 0 bridgehead atoms. The van der Waals surface area contributed by atoms with Gasteiger partial charge < -0.3 is 14.6 Å². The molecule has 1 aromatic heterocycles. The lowest BCUT2D eigenvalue weighted by molar-refractivity contribution is 0.0766. The van der Waals surface area contributed by atoms with Crippen molar-refractivity contribution in [2.24, 2.45) is 0 Å². The van der Waals surface area contributed by atoms with Gasteiger partial charge in [-0.15, -0.1) is 0 Å². The van der Waals surface area contributed by atoms with E-state index in [0.717, 1.165) is 17.1 Å². The minimum atomic E-state index is -0.291. The van der Waals surface area contributed by atoms with E-state index in [2.05, 4.69) is 0 Å². The minimum Gasteiger partial charge on any atom is -0.395 e. The van der Waals surface area contributed by atoms with Gasteiger partial charge in [0.1, 0.15) is 5.82 Å². The summed E-state index contributed by atoms with van der Waals surface area (Å²) in [6.07, 6.45) is 0. The van der Waals surface area contributed by atoms with Gasteiger partial charge in [-0.25, -0.2) is 4.39 Å². The zero-order valence-electron chi connectivity index (χ0n) is 12.4. The molecule has 112 valence electrons. The first-order valence-corrected chi connectivity index (χ1v) is 6.77. The number of aryl methyl sites for hydroxylation is 1. The predicted molar refractivity (Wildman–Crippen MR) is 79.2 cm³/mol. The first kappa shape index (κ1) is 15.3. The van der Waals surface area contributed by atoms with Crippen molar-refractivity contribution in [3.63, 3.8) is 0 Å². The third-order valence-electron chi connectivity index (χ3n) is 3.53. The summed E-state index contributed by atoms with van der Waals surface area (Å²) >= 11 is 0. The molecule has 0 saturated carbocycles. The SMILES string of the molecule is Cc1cc(C(=O)N(C)CCO)c(C)n1-c1ccc(F)cc1. The van der Waals surface area contributed by atoms with Gasteiger partial charge in [-0.3, -0.25) is 4.79 Å². The van der Waals surface area contributed by atoms with Gasteiger partial charge in [-0.05, 0) is 44.2 Å². The fraction of sp³-hybridized carbons (Fsp3) is 0.312. The van der Waals surface area contributed by atoms with Gasteiger partial charge in [0.25, 0.3) is 5.91 Å². The maximum atomic E-state index is 13.0. The van der Waals surface area contributed by atoms with E-state index in [-0.39, 0.29) is 18.3 Å². The minimum absolute atomic E-state index is 0.0705. The number of carbonyl (C=O) groups is 1. The average molecular weight is 290 g/mol. The molecule has 1 amide bonds. The van der Waals surface area contributed by atoms with Crippen molar-refractivity contribution in [2.45, 2.75) is 13.8 Å². The Hall–Kier alpha value is -2.14. The van der Waals surface area contributed by atoms with E-state index < -0.39 is 0 Å². The first-order valence-electron chi connectivity index (χ1n) is 6.77. The standard InChI is InChI=1S/C16H19FN2O2/c1-11-10-15(16(21)18(3)8-9-20)12(2)19(11)14-6-4-13(17)5-7-14/h4-7,10,20H,8-9H2,1-3H3. The van der Waals surface area contributed by atoms with E-state index in [1.807, 2.05) is 24.5 Å². The molecular formula is C16H19FN2O2. The average Bonchev–Trinajstić information content (AvgIpc) is 2.75. The van der Waals surface area contributed by atoms with Crippen LogP contribution >= 0.6 is 0 Å². The number of carbonyl (C=O) groups excluding carboxylic acids is 1. The summed E-state index contributed by atoms with van der Waals surface area (Å²) < 4.78 is 14.9. The second kappa shape index (κ2) is 6.10. The van der Waals surface area contributed by atoms with Crippen LogP contribution in [0.5, 0.6) is 0 Å². The molecule has 21 heavy (non-hydrogen) atoms. The maximum absolute atomic E-state index is 13.0. The Morgan fingerprint density at radius 1 is 1.29 bits per heavy atom. The fourth-order valence-electron chi connectivity index (χ4n) is 2.42. The van der Waals surface area contributed by atoms with E-state index in [0.29, 0.717) is 12.1 Å². The molecule has 0 fully saturated rings. The lowest BCUT2D eigenvalue weighted by Crippen LogP contribution is -2.29. The number of halogens is 1. The third-order valence-corrected chi connectivity index (χ3v) is 3.53. The smallest absolute Gasteiger partial charge is 0.255 e. The molecule has 0 aliphatic rings. The van der Waals surface area contributed by atoms with Crippen LogP contribution in [0, 0.1) is 19.7 Å². The number of aromatic nitrogens is 1. The molecule has 0 unspecified atom stereocenters. The number of nitrogens with zero attached hydrogens (tertiary/aromatic N) is 2. The second-order valence-corrected chi connectivity index (χ2v) is 5.05. The normalized spacial score (nSPS) is 10.7. The third kappa shape index (κ3) is 2.97. The van der Waals surface area contributed by atoms with Crippen LogP contribution < -0.4 is 0 Å². The van der Waals surface area contributed by atoms with Crippen LogP contribution in [0.15, 0.2) is 30.3 Å². The Morgan fingerprint density at radius 2 is 1.90 bits per heavy atom. The Labute approximate surface area is 123 Å². The van der Waals surface area contributed by atoms with E-state index in [1.54, 1.807) is 19.2 Å². The largest absolute Gasteiger partial charge is 0.395 e. The number of benzene rings is 1. The van der Waals surface area contributed by atoms with E-state index >= 15 is 0 Å². The quantitative estimate of drug-likeness (QED) is 0.939. The van der Waals surface area contributed by atoms with Crippen LogP contribution in [0.25, 0.3) is 5.69 Å². The van der Waals surface area contributed by atoms with Crippen LogP contribution in [0.2, 0.25) is 0 Å². The Balaban J connectivity index is 2.42. The molecule has 2 rings (SSSR count). The molecule has 1 heterocycles. The molecule has 0 aliphatic carbocycles. The Morgan fingerprint density at radius 3 is 2.48 bits per heavy atom. The lowest BCUT2D eigenvalue weighted by Gasteiger charge is -2.16. The number of likely N-dealkylation sites (N-methyl/N-ethyl adjacent to an activating group) is 1. The van der Waals surface area contributed by atoms with E-state index in [4.69, 9.17) is 5.11 Å². The van der Waals surface area contributed by atoms with Crippen molar-refractivity contribution in [1.82, 2.24) is 9.47 Å². The van der Waals surface area contributed by atoms with Gasteiger partial charge >= 0.3 is 0 Å². The van der Waals surface area contributed by atoms with Crippen molar-refractivity contribution in [1.29, 1.82) is 0 Å². The van der Waals surface area contributed by atoms with Crippen molar-refractivity contribution >= 4 is 5.91 Å². The highest BCUT2D eigenvalue weighted by Gasteiger charge is 2.19. The van der Waals surface area contributed by atoms with Gasteiger partial charge in [-0.1, -0.05) is 0 Å². The predicted octanol–water partition coefficient (Wildman–Crippen LogP) is 2.30. The van der Waals surface area contributed by atoms with Gasteiger partial charge in [-0.2, -0.15) is 0 Å². The summed E-state index contributed by atoms with van der Waals surface area (Å²) in [4.78, 5) is 13.8. The highest BCUT2D eigenvalue weighted by atomic mass is 19.1. The van der Waals surface area contributed by atoms with Crippen LogP contribution in [-0.2, 0) is 0 Å². The van der Waals surface area contributed by atoms with Gasteiger partial charge in [0, 0.05) is 30.7 Å². The second-order valence-electron chi connectivity index (χ2n) is 5.05. The summed E-state index contributed by atoms with van der Waals surface area (Å²) in [6.45, 7) is 3.98. The van der Waals surface area contributed by atoms with Crippen molar-refractivity contribution in [3.05, 3.63) is 53.1 Å². The molecule has 2 aromatic rings. The van der Waals surface area contributed by atoms with E-state index in [1.165, 1.54) is 17.0 Å². The van der Waals surface area contributed by atoms with Crippen LogP contribution in [0.1, 0.15) is 21.7 Å². The lowest BCUT2D eigenvalue weighted by atomic mass is 10.2. The molecular weight excluding hydrogens is 271 g/mol. The Bertz CT molecular complexity index is 647. The van der Waals surface area contributed by atoms with Crippen LogP contribution in [-0.4, -0.2) is 40.7 Å². The van der Waals surface area contributed by atoms with Gasteiger partial charge in [0.2, 0.25) is 0 Å². The van der Waals surface area contributed by atoms with Gasteiger partial charge in [0.05, 0.1) is 12.2 Å². The van der Waals surface area contributed by atoms with Crippen molar-refractivity contribution in [3.8, 4) is 5.69 Å². The zero-order chi connectivity index (χ0) is 15.6. The summed E-state index contributed by atoms with van der Waals surface area (Å²) in [6, 6.07) is 7.97. The molecule has 0 atom stereocenters. The highest BCUT2D eigenvalue weighted by Crippen LogP contribution is 2.22. The molecule has 0 radical (unpaired) electrons. The fourth-order valence-corrected chi connectivity index (χ4v) is 2.42. The number of hydrogen-bond acceptors (Lipinski definition) is 2. The Kier molecular flexibility index (Phi) is 4.43. The summed E-state index contributed by atoms with van der Waals surface area (Å²) in [5.74, 6) is -0.425. The van der Waals surface area contributed by atoms with Crippen LogP contribution in [0.4, 0.5) is 4.39 Å². The molecule has 0 saturated heterocycles. The molecule has 4 nitrogen and oxygen atoms in total. The number of hydrogen-bond donors (Lipinski definition) is 1. The monoisotopic (exact) mass is 290 g/mol. The molecule has 1 N–H and O–H groups in total. The summed E-state index contributed by atoms with van der Waals surface area (Å²) in [5, 5.41) is 8.93. The van der Waals surface area contributed by atoms with Gasteiger partial charge in [0.15, 0.2) is 0 Å². The topological polar surface area (TPSA) is 45.5 Å². The van der Waals surface area contributed by atoms with Crippen molar-refractivity contribution < 1.29 is 14.3 Å². The number of aliphatic hydroxyl groups excluding tert-OH is 1. The maximum Gasteiger partial charge on any atom is 0.255 e. The molecule has 0 aliphatic heterocycles. The summed E-state index contributed by atoms with van der Waals surface area (Å²) in [7, 11) is 1.66.